The maximum atomic E-state index is 12.7. The lowest BCUT2D eigenvalue weighted by atomic mass is 10.1. The Bertz CT molecular complexity index is 783. The summed E-state index contributed by atoms with van der Waals surface area (Å²) in [5.74, 6) is 0.978. The molecule has 0 atom stereocenters. The van der Waals surface area contributed by atoms with Gasteiger partial charge in [0.2, 0.25) is 0 Å². The van der Waals surface area contributed by atoms with Crippen molar-refractivity contribution in [3.05, 3.63) is 47.8 Å². The van der Waals surface area contributed by atoms with Gasteiger partial charge < -0.3 is 10.2 Å². The molecule has 2 aromatic heterocycles. The van der Waals surface area contributed by atoms with Crippen molar-refractivity contribution in [3.8, 4) is 0 Å². The van der Waals surface area contributed by atoms with Crippen molar-refractivity contribution in [1.29, 1.82) is 0 Å². The number of nitrogens with zero attached hydrogens (tertiary/aromatic N) is 3. The summed E-state index contributed by atoms with van der Waals surface area (Å²) in [5, 5.41) is 4.48. The molecule has 1 amide bonds. The minimum absolute atomic E-state index is 0.0614. The number of aromatic nitrogens is 2. The topological polar surface area (TPSA) is 58.1 Å². The molecule has 2 aromatic rings. The van der Waals surface area contributed by atoms with Crippen LogP contribution in [0.15, 0.2) is 41.7 Å². The second kappa shape index (κ2) is 9.41. The first-order chi connectivity index (χ1) is 13.8. The second-order valence-electron chi connectivity index (χ2n) is 7.64. The predicted molar refractivity (Wildman–Crippen MR) is 114 cm³/mol. The van der Waals surface area contributed by atoms with Crippen LogP contribution < -0.4 is 10.2 Å². The number of amides is 1. The highest BCUT2D eigenvalue weighted by atomic mass is 32.2. The van der Waals surface area contributed by atoms with Crippen LogP contribution in [0.5, 0.6) is 0 Å². The molecule has 0 radical (unpaired) electrons. The summed E-state index contributed by atoms with van der Waals surface area (Å²) in [7, 11) is 0. The zero-order valence-corrected chi connectivity index (χ0v) is 17.1. The van der Waals surface area contributed by atoms with Crippen LogP contribution in [0.25, 0.3) is 0 Å². The van der Waals surface area contributed by atoms with E-state index in [4.69, 9.17) is 0 Å². The van der Waals surface area contributed by atoms with Crippen LogP contribution in [-0.4, -0.2) is 34.2 Å². The first-order valence-electron chi connectivity index (χ1n) is 10.4. The Labute approximate surface area is 171 Å². The molecule has 5 nitrogen and oxygen atoms in total. The normalized spacial score (nSPS) is 17.6. The van der Waals surface area contributed by atoms with E-state index < -0.39 is 0 Å². The SMILES string of the molecule is O=C(NCc1ccc(N2CCCCC2)nc1)c1cccnc1SC1CCCC1. The van der Waals surface area contributed by atoms with Gasteiger partial charge in [0.25, 0.3) is 5.91 Å². The average Bonchev–Trinajstić information content (AvgIpc) is 3.26. The number of anilines is 1. The van der Waals surface area contributed by atoms with Crippen molar-refractivity contribution in [1.82, 2.24) is 15.3 Å². The van der Waals surface area contributed by atoms with Crippen molar-refractivity contribution in [2.75, 3.05) is 18.0 Å². The highest BCUT2D eigenvalue weighted by Gasteiger charge is 2.20. The third-order valence-corrected chi connectivity index (χ3v) is 6.89. The van der Waals surface area contributed by atoms with E-state index in [1.807, 2.05) is 18.3 Å². The molecule has 0 aromatic carbocycles. The predicted octanol–water partition coefficient (Wildman–Crippen LogP) is 4.43. The Morgan fingerprint density at radius 2 is 1.89 bits per heavy atom. The minimum Gasteiger partial charge on any atom is -0.357 e. The second-order valence-corrected chi connectivity index (χ2v) is 8.92. The monoisotopic (exact) mass is 396 g/mol. The lowest BCUT2D eigenvalue weighted by molar-refractivity contribution is 0.0947. The molecule has 28 heavy (non-hydrogen) atoms. The summed E-state index contributed by atoms with van der Waals surface area (Å²) >= 11 is 1.76. The molecule has 0 unspecified atom stereocenters. The molecular formula is C22H28N4OS. The van der Waals surface area contributed by atoms with E-state index in [2.05, 4.69) is 32.3 Å². The van der Waals surface area contributed by atoms with Crippen molar-refractivity contribution in [2.45, 2.75) is 61.8 Å². The fourth-order valence-corrected chi connectivity index (χ4v) is 5.22. The first-order valence-corrected chi connectivity index (χ1v) is 11.3. The number of nitrogens with one attached hydrogen (secondary N) is 1. The van der Waals surface area contributed by atoms with E-state index in [0.29, 0.717) is 17.4 Å². The van der Waals surface area contributed by atoms with E-state index >= 15 is 0 Å². The summed E-state index contributed by atoms with van der Waals surface area (Å²) in [5.41, 5.74) is 1.69. The van der Waals surface area contributed by atoms with Gasteiger partial charge in [0, 0.05) is 37.3 Å². The van der Waals surface area contributed by atoms with Crippen LogP contribution in [0.4, 0.5) is 5.82 Å². The van der Waals surface area contributed by atoms with Crippen LogP contribution in [0.3, 0.4) is 0 Å². The van der Waals surface area contributed by atoms with Gasteiger partial charge in [-0.25, -0.2) is 9.97 Å². The van der Waals surface area contributed by atoms with Gasteiger partial charge in [0.15, 0.2) is 0 Å². The quantitative estimate of drug-likeness (QED) is 0.783. The van der Waals surface area contributed by atoms with Gasteiger partial charge in [-0.05, 0) is 55.9 Å². The Kier molecular flexibility index (Phi) is 6.47. The van der Waals surface area contributed by atoms with Crippen molar-refractivity contribution in [3.63, 3.8) is 0 Å². The van der Waals surface area contributed by atoms with Gasteiger partial charge in [-0.1, -0.05) is 18.9 Å². The number of rotatable bonds is 6. The molecule has 1 N–H and O–H groups in total. The fourth-order valence-electron chi connectivity index (χ4n) is 3.93. The largest absolute Gasteiger partial charge is 0.357 e. The first kappa shape index (κ1) is 19.2. The van der Waals surface area contributed by atoms with Crippen LogP contribution >= 0.6 is 11.8 Å². The smallest absolute Gasteiger partial charge is 0.254 e. The Morgan fingerprint density at radius 3 is 2.64 bits per heavy atom. The van der Waals surface area contributed by atoms with Gasteiger partial charge in [0.05, 0.1) is 5.56 Å². The molecule has 1 saturated heterocycles. The van der Waals surface area contributed by atoms with Gasteiger partial charge in [-0.2, -0.15) is 0 Å². The summed E-state index contributed by atoms with van der Waals surface area (Å²) in [6.07, 6.45) is 12.5. The standard InChI is InChI=1S/C22H28N4OS/c27-21(19-9-6-12-23-22(19)28-18-7-2-3-8-18)25-16-17-10-11-20(24-15-17)26-13-4-1-5-14-26/h6,9-12,15,18H,1-5,7-8,13-14,16H2,(H,25,27). The molecule has 6 heteroatoms. The van der Waals surface area contributed by atoms with E-state index in [9.17, 15) is 4.79 Å². The molecule has 148 valence electrons. The number of carbonyl (C=O) groups excluding carboxylic acids is 1. The lowest BCUT2D eigenvalue weighted by Crippen LogP contribution is -2.30. The number of hydrogen-bond donors (Lipinski definition) is 1. The van der Waals surface area contributed by atoms with Crippen LogP contribution in [0, 0.1) is 0 Å². The minimum atomic E-state index is -0.0614. The molecule has 1 aliphatic heterocycles. The van der Waals surface area contributed by atoms with E-state index in [1.54, 1.807) is 18.0 Å². The number of piperidine rings is 1. The summed E-state index contributed by atoms with van der Waals surface area (Å²) in [6, 6.07) is 7.84. The van der Waals surface area contributed by atoms with Crippen molar-refractivity contribution >= 4 is 23.5 Å². The van der Waals surface area contributed by atoms with Crippen LogP contribution in [0.2, 0.25) is 0 Å². The zero-order valence-electron chi connectivity index (χ0n) is 16.3. The Morgan fingerprint density at radius 1 is 1.07 bits per heavy atom. The maximum Gasteiger partial charge on any atom is 0.254 e. The molecule has 1 saturated carbocycles. The summed E-state index contributed by atoms with van der Waals surface area (Å²) in [4.78, 5) is 24.1. The molecule has 0 spiro atoms. The maximum absolute atomic E-state index is 12.7. The third kappa shape index (κ3) is 4.85. The number of carbonyl (C=O) groups is 1. The number of hydrogen-bond acceptors (Lipinski definition) is 5. The van der Waals surface area contributed by atoms with Crippen molar-refractivity contribution < 1.29 is 4.79 Å². The summed E-state index contributed by atoms with van der Waals surface area (Å²) in [6.45, 7) is 2.66. The van der Waals surface area contributed by atoms with Gasteiger partial charge in [-0.3, -0.25) is 4.79 Å². The average molecular weight is 397 g/mol. The molecule has 4 rings (SSSR count). The van der Waals surface area contributed by atoms with E-state index in [1.165, 1.54) is 44.9 Å². The van der Waals surface area contributed by atoms with E-state index in [0.717, 1.165) is 29.5 Å². The van der Waals surface area contributed by atoms with Gasteiger partial charge >= 0.3 is 0 Å². The van der Waals surface area contributed by atoms with Crippen molar-refractivity contribution in [2.24, 2.45) is 0 Å². The molecule has 0 bridgehead atoms. The third-order valence-electron chi connectivity index (χ3n) is 5.54. The molecule has 1 aliphatic carbocycles. The van der Waals surface area contributed by atoms with Crippen LogP contribution in [0.1, 0.15) is 60.9 Å². The highest BCUT2D eigenvalue weighted by molar-refractivity contribution is 7.99. The molecular weight excluding hydrogens is 368 g/mol. The molecule has 2 aliphatic rings. The van der Waals surface area contributed by atoms with E-state index in [-0.39, 0.29) is 5.91 Å². The number of pyridine rings is 2. The van der Waals surface area contributed by atoms with Gasteiger partial charge in [0.1, 0.15) is 10.8 Å². The molecule has 2 fully saturated rings. The molecule has 3 heterocycles. The summed E-state index contributed by atoms with van der Waals surface area (Å²) < 4.78 is 0. The Hall–Kier alpha value is -2.08. The Balaban J connectivity index is 1.35. The van der Waals surface area contributed by atoms with Crippen LogP contribution in [-0.2, 0) is 6.54 Å². The fraction of sp³-hybridized carbons (Fsp3) is 0.500. The highest BCUT2D eigenvalue weighted by Crippen LogP contribution is 2.35. The number of thioether (sulfide) groups is 1. The van der Waals surface area contributed by atoms with Gasteiger partial charge in [-0.15, -0.1) is 11.8 Å². The zero-order chi connectivity index (χ0) is 19.2. The lowest BCUT2D eigenvalue weighted by Gasteiger charge is -2.27.